The van der Waals surface area contributed by atoms with E-state index in [-0.39, 0.29) is 24.9 Å². The molecular weight excluding hydrogens is 278 g/mol. The maximum absolute atomic E-state index is 11.9. The molecule has 6 heteroatoms. The topological polar surface area (TPSA) is 75.1 Å². The van der Waals surface area contributed by atoms with Crippen molar-refractivity contribution in [3.05, 3.63) is 45.3 Å². The molecule has 0 N–H and O–H groups in total. The standard InChI is InChI=1S/C14H18ClN3O2/c1-14(2,3)20-13(19)8-11(9-17-18-16)10-5-4-6-12(15)7-10/h4-7,11H,8-9H2,1-3H3/t11-/m1/s1. The van der Waals surface area contributed by atoms with Crippen molar-refractivity contribution in [2.45, 2.75) is 38.7 Å². The van der Waals surface area contributed by atoms with Crippen LogP contribution in [0.25, 0.3) is 10.4 Å². The average Bonchev–Trinajstić information content (AvgIpc) is 2.32. The van der Waals surface area contributed by atoms with Gasteiger partial charge in [0.05, 0.1) is 6.42 Å². The summed E-state index contributed by atoms with van der Waals surface area (Å²) < 4.78 is 5.29. The molecule has 108 valence electrons. The summed E-state index contributed by atoms with van der Waals surface area (Å²) in [5, 5.41) is 4.14. The number of benzene rings is 1. The molecule has 0 fully saturated rings. The van der Waals surface area contributed by atoms with Crippen molar-refractivity contribution < 1.29 is 9.53 Å². The van der Waals surface area contributed by atoms with Crippen molar-refractivity contribution in [2.24, 2.45) is 5.11 Å². The molecule has 1 atom stereocenters. The predicted molar refractivity (Wildman–Crippen MR) is 78.7 cm³/mol. The van der Waals surface area contributed by atoms with Gasteiger partial charge in [-0.2, -0.15) is 0 Å². The lowest BCUT2D eigenvalue weighted by molar-refractivity contribution is -0.155. The molecule has 0 aliphatic rings. The van der Waals surface area contributed by atoms with E-state index in [4.69, 9.17) is 21.9 Å². The zero-order chi connectivity index (χ0) is 15.2. The van der Waals surface area contributed by atoms with Gasteiger partial charge in [-0.15, -0.1) is 0 Å². The second-order valence-corrected chi connectivity index (χ2v) is 5.89. The van der Waals surface area contributed by atoms with E-state index < -0.39 is 5.60 Å². The Balaban J connectivity index is 2.85. The third-order valence-electron chi connectivity index (χ3n) is 2.52. The van der Waals surface area contributed by atoms with E-state index >= 15 is 0 Å². The largest absolute Gasteiger partial charge is 0.460 e. The molecule has 0 heterocycles. The predicted octanol–water partition coefficient (Wildman–Crippen LogP) is 4.47. The van der Waals surface area contributed by atoms with Crippen molar-refractivity contribution >= 4 is 17.6 Å². The van der Waals surface area contributed by atoms with Gasteiger partial charge in [0, 0.05) is 16.5 Å². The molecule has 20 heavy (non-hydrogen) atoms. The van der Waals surface area contributed by atoms with Crippen LogP contribution < -0.4 is 0 Å². The Hall–Kier alpha value is -1.71. The first-order valence-corrected chi connectivity index (χ1v) is 6.68. The Morgan fingerprint density at radius 3 is 2.75 bits per heavy atom. The molecule has 0 aliphatic carbocycles. The van der Waals surface area contributed by atoms with E-state index in [9.17, 15) is 4.79 Å². The highest BCUT2D eigenvalue weighted by atomic mass is 35.5. The quantitative estimate of drug-likeness (QED) is 0.348. The third-order valence-corrected chi connectivity index (χ3v) is 2.75. The van der Waals surface area contributed by atoms with Crippen LogP contribution in [0.3, 0.4) is 0 Å². The number of hydrogen-bond acceptors (Lipinski definition) is 3. The Morgan fingerprint density at radius 1 is 1.50 bits per heavy atom. The Kier molecular flexibility index (Phi) is 5.86. The zero-order valence-electron chi connectivity index (χ0n) is 11.8. The lowest BCUT2D eigenvalue weighted by atomic mass is 9.96. The highest BCUT2D eigenvalue weighted by molar-refractivity contribution is 6.30. The van der Waals surface area contributed by atoms with E-state index in [1.54, 1.807) is 18.2 Å². The van der Waals surface area contributed by atoms with Crippen molar-refractivity contribution in [3.63, 3.8) is 0 Å². The second kappa shape index (κ2) is 7.17. The molecular formula is C14H18ClN3O2. The van der Waals surface area contributed by atoms with Gasteiger partial charge in [0.1, 0.15) is 5.60 Å². The molecule has 0 spiro atoms. The number of hydrogen-bond donors (Lipinski definition) is 0. The van der Waals surface area contributed by atoms with Crippen LogP contribution in [0, 0.1) is 0 Å². The van der Waals surface area contributed by atoms with Gasteiger partial charge >= 0.3 is 5.97 Å². The number of carbonyl (C=O) groups is 1. The summed E-state index contributed by atoms with van der Waals surface area (Å²) in [6.45, 7) is 5.63. The fraction of sp³-hybridized carbons (Fsp3) is 0.500. The Labute approximate surface area is 123 Å². The average molecular weight is 296 g/mol. The molecule has 0 amide bonds. The van der Waals surface area contributed by atoms with Crippen molar-refractivity contribution in [2.75, 3.05) is 6.54 Å². The second-order valence-electron chi connectivity index (χ2n) is 5.46. The maximum Gasteiger partial charge on any atom is 0.306 e. The van der Waals surface area contributed by atoms with Gasteiger partial charge in [-0.1, -0.05) is 28.8 Å². The highest BCUT2D eigenvalue weighted by Crippen LogP contribution is 2.24. The molecule has 1 rings (SSSR count). The highest BCUT2D eigenvalue weighted by Gasteiger charge is 2.21. The van der Waals surface area contributed by atoms with E-state index in [1.807, 2.05) is 26.8 Å². The van der Waals surface area contributed by atoms with Crippen LogP contribution in [-0.2, 0) is 9.53 Å². The first kappa shape index (κ1) is 16.3. The van der Waals surface area contributed by atoms with E-state index in [0.29, 0.717) is 5.02 Å². The zero-order valence-corrected chi connectivity index (χ0v) is 12.6. The van der Waals surface area contributed by atoms with Gasteiger partial charge in [-0.05, 0) is 49.9 Å². The Morgan fingerprint density at radius 2 is 2.20 bits per heavy atom. The summed E-state index contributed by atoms with van der Waals surface area (Å²) in [5.41, 5.74) is 8.78. The molecule has 0 unspecified atom stereocenters. The fourth-order valence-electron chi connectivity index (χ4n) is 1.77. The number of esters is 1. The summed E-state index contributed by atoms with van der Waals surface area (Å²) in [5.74, 6) is -0.560. The minimum absolute atomic E-state index is 0.149. The maximum atomic E-state index is 11.9. The van der Waals surface area contributed by atoms with E-state index in [0.717, 1.165) is 5.56 Å². The van der Waals surface area contributed by atoms with Gasteiger partial charge in [0.15, 0.2) is 0 Å². The SMILES string of the molecule is CC(C)(C)OC(=O)C[C@H](CN=[N+]=[N-])c1cccc(Cl)c1. The van der Waals surface area contributed by atoms with Crippen LogP contribution in [0.5, 0.6) is 0 Å². The number of carbonyl (C=O) groups excluding carboxylic acids is 1. The molecule has 0 aliphatic heterocycles. The monoisotopic (exact) mass is 295 g/mol. The first-order valence-electron chi connectivity index (χ1n) is 6.30. The van der Waals surface area contributed by atoms with Gasteiger partial charge in [-0.3, -0.25) is 4.79 Å². The number of nitrogens with zero attached hydrogens (tertiary/aromatic N) is 3. The van der Waals surface area contributed by atoms with Crippen molar-refractivity contribution in [3.8, 4) is 0 Å². The first-order chi connectivity index (χ1) is 9.31. The molecule has 0 aromatic heterocycles. The van der Waals surface area contributed by atoms with E-state index in [1.165, 1.54) is 0 Å². The van der Waals surface area contributed by atoms with Crippen LogP contribution in [0.4, 0.5) is 0 Å². The van der Waals surface area contributed by atoms with Crippen LogP contribution in [0.15, 0.2) is 29.4 Å². The minimum atomic E-state index is -0.533. The smallest absolute Gasteiger partial charge is 0.306 e. The van der Waals surface area contributed by atoms with Gasteiger partial charge in [-0.25, -0.2) is 0 Å². The fourth-order valence-corrected chi connectivity index (χ4v) is 1.97. The van der Waals surface area contributed by atoms with Crippen LogP contribution in [0.2, 0.25) is 5.02 Å². The molecule has 1 aromatic rings. The summed E-state index contributed by atoms with van der Waals surface area (Å²) >= 11 is 5.95. The summed E-state index contributed by atoms with van der Waals surface area (Å²) in [6.07, 6.45) is 0.149. The number of ether oxygens (including phenoxy) is 1. The Bertz CT molecular complexity index is 519. The van der Waals surface area contributed by atoms with Crippen LogP contribution in [-0.4, -0.2) is 18.1 Å². The number of azide groups is 1. The van der Waals surface area contributed by atoms with Crippen molar-refractivity contribution in [1.82, 2.24) is 0 Å². The van der Waals surface area contributed by atoms with Gasteiger partial charge in [0.25, 0.3) is 0 Å². The van der Waals surface area contributed by atoms with E-state index in [2.05, 4.69) is 10.0 Å². The molecule has 0 saturated heterocycles. The normalized spacial score (nSPS) is 12.4. The summed E-state index contributed by atoms with van der Waals surface area (Å²) in [7, 11) is 0. The summed E-state index contributed by atoms with van der Waals surface area (Å²) in [6, 6.07) is 7.18. The molecule has 1 aromatic carbocycles. The molecule has 0 saturated carbocycles. The molecule has 5 nitrogen and oxygen atoms in total. The number of halogens is 1. The third kappa shape index (κ3) is 5.95. The van der Waals surface area contributed by atoms with Crippen LogP contribution >= 0.6 is 11.6 Å². The summed E-state index contributed by atoms with van der Waals surface area (Å²) in [4.78, 5) is 14.6. The van der Waals surface area contributed by atoms with Crippen molar-refractivity contribution in [1.29, 1.82) is 0 Å². The molecule has 0 radical (unpaired) electrons. The van der Waals surface area contributed by atoms with Crippen LogP contribution in [0.1, 0.15) is 38.7 Å². The number of rotatable bonds is 5. The minimum Gasteiger partial charge on any atom is -0.460 e. The molecule has 0 bridgehead atoms. The lowest BCUT2D eigenvalue weighted by Gasteiger charge is -2.22. The van der Waals surface area contributed by atoms with Gasteiger partial charge < -0.3 is 4.74 Å². The van der Waals surface area contributed by atoms with Gasteiger partial charge in [0.2, 0.25) is 0 Å². The lowest BCUT2D eigenvalue weighted by Crippen LogP contribution is -2.25.